The van der Waals surface area contributed by atoms with Gasteiger partial charge in [-0.2, -0.15) is 0 Å². The Morgan fingerprint density at radius 3 is 1.65 bits per heavy atom. The number of hydrogen-bond donors (Lipinski definition) is 1. The second-order valence-corrected chi connectivity index (χ2v) is 13.9. The van der Waals surface area contributed by atoms with E-state index >= 15 is 0 Å². The van der Waals surface area contributed by atoms with Gasteiger partial charge in [0.25, 0.3) is 0 Å². The second-order valence-electron chi connectivity index (χ2n) is 11.0. The molecule has 0 unspecified atom stereocenters. The molecule has 0 bridgehead atoms. The average Bonchev–Trinajstić information content (AvgIpc) is 3.93. The molecule has 0 atom stereocenters. The number of hydrogen-bond acceptors (Lipinski definition) is 2. The SMILES string of the molecule is Brc1cccc2c1[nH]c1oc3ccccc3c12.Brc1cccc2c3c4ccccc4oc3n(-c3ccccc3)c12.CI.CI.Ic1ccccc1. The first kappa shape index (κ1) is 37.9. The Hall–Kier alpha value is -2.85. The number of furan rings is 2. The van der Waals surface area contributed by atoms with E-state index in [1.54, 1.807) is 0 Å². The number of alkyl halides is 2. The van der Waals surface area contributed by atoms with Crippen molar-refractivity contribution in [3.8, 4) is 5.69 Å². The molecule has 0 amide bonds. The predicted molar refractivity (Wildman–Crippen MR) is 251 cm³/mol. The quantitative estimate of drug-likeness (QED) is 0.132. The van der Waals surface area contributed by atoms with Crippen LogP contribution in [0.1, 0.15) is 0 Å². The smallest absolute Gasteiger partial charge is 0.213 e. The van der Waals surface area contributed by atoms with Crippen molar-refractivity contribution in [3.05, 3.63) is 158 Å². The van der Waals surface area contributed by atoms with Gasteiger partial charge >= 0.3 is 0 Å². The summed E-state index contributed by atoms with van der Waals surface area (Å²) in [6.45, 7) is 0. The average molecular weight is 1140 g/mol. The highest BCUT2D eigenvalue weighted by Gasteiger charge is 2.20. The molecule has 0 saturated heterocycles. The van der Waals surface area contributed by atoms with Crippen LogP contribution in [0.25, 0.3) is 71.6 Å². The van der Waals surface area contributed by atoms with Gasteiger partial charge in [-0.25, -0.2) is 0 Å². The monoisotopic (exact) mass is 1130 g/mol. The Labute approximate surface area is 353 Å². The van der Waals surface area contributed by atoms with E-state index < -0.39 is 0 Å². The van der Waals surface area contributed by atoms with Gasteiger partial charge in [0, 0.05) is 39.7 Å². The van der Waals surface area contributed by atoms with E-state index in [2.05, 4.69) is 176 Å². The number of nitrogens with one attached hydrogen (secondary N) is 1. The highest BCUT2D eigenvalue weighted by Crippen LogP contribution is 2.41. The number of H-pyrrole nitrogens is 1. The molecule has 4 heterocycles. The third-order valence-electron chi connectivity index (χ3n) is 8.12. The predicted octanol–water partition coefficient (Wildman–Crippen LogP) is 15.5. The first-order valence-corrected chi connectivity index (χ1v) is 22.8. The minimum atomic E-state index is 0.841. The van der Waals surface area contributed by atoms with Gasteiger partial charge in [-0.1, -0.05) is 142 Å². The van der Waals surface area contributed by atoms with Gasteiger partial charge in [-0.15, -0.1) is 0 Å². The van der Waals surface area contributed by atoms with Crippen LogP contribution in [-0.2, 0) is 0 Å². The van der Waals surface area contributed by atoms with Crippen molar-refractivity contribution in [2.24, 2.45) is 0 Å². The third-order valence-corrected chi connectivity index (χ3v) is 10.1. The van der Waals surface area contributed by atoms with Crippen molar-refractivity contribution in [3.63, 3.8) is 0 Å². The maximum absolute atomic E-state index is 6.22. The highest BCUT2D eigenvalue weighted by molar-refractivity contribution is 14.1. The number of aromatic amines is 1. The highest BCUT2D eigenvalue weighted by atomic mass is 127. The number of fused-ring (bicyclic) bond motifs is 10. The summed E-state index contributed by atoms with van der Waals surface area (Å²) in [5.41, 5.74) is 6.90. The van der Waals surface area contributed by atoms with E-state index in [-0.39, 0.29) is 0 Å². The lowest BCUT2D eigenvalue weighted by molar-refractivity contribution is 0.645. The van der Waals surface area contributed by atoms with Gasteiger partial charge in [-0.05, 0) is 113 Å². The number of para-hydroxylation sites is 5. The van der Waals surface area contributed by atoms with Gasteiger partial charge in [0.15, 0.2) is 0 Å². The van der Waals surface area contributed by atoms with Crippen molar-refractivity contribution < 1.29 is 8.83 Å². The molecular weight excluding hydrogens is 1100 g/mol. The molecule has 1 N–H and O–H groups in total. The van der Waals surface area contributed by atoms with Gasteiger partial charge in [0.1, 0.15) is 11.2 Å². The van der Waals surface area contributed by atoms with Crippen LogP contribution in [0.15, 0.2) is 163 Å². The molecule has 10 aromatic rings. The van der Waals surface area contributed by atoms with Crippen LogP contribution < -0.4 is 0 Å². The lowest BCUT2D eigenvalue weighted by atomic mass is 10.1. The topological polar surface area (TPSA) is 47.0 Å². The second kappa shape index (κ2) is 17.8. The fourth-order valence-corrected chi connectivity index (χ4v) is 7.53. The minimum absolute atomic E-state index is 0.841. The van der Waals surface area contributed by atoms with Crippen LogP contribution in [0.4, 0.5) is 0 Å². The van der Waals surface area contributed by atoms with Crippen LogP contribution >= 0.6 is 99.6 Å². The summed E-state index contributed by atoms with van der Waals surface area (Å²) in [5.74, 6) is 0. The molecule has 51 heavy (non-hydrogen) atoms. The van der Waals surface area contributed by atoms with Crippen LogP contribution in [-0.4, -0.2) is 19.4 Å². The molecule has 9 heteroatoms. The molecule has 10 rings (SSSR count). The first-order valence-electron chi connectivity index (χ1n) is 15.8. The molecule has 4 nitrogen and oxygen atoms in total. The Morgan fingerprint density at radius 2 is 1.02 bits per heavy atom. The lowest BCUT2D eigenvalue weighted by Gasteiger charge is -2.07. The first-order chi connectivity index (χ1) is 25.1. The number of halogens is 5. The molecule has 0 radical (unpaired) electrons. The van der Waals surface area contributed by atoms with Crippen LogP contribution in [0, 0.1) is 3.57 Å². The number of aromatic nitrogens is 2. The molecule has 0 aliphatic heterocycles. The Morgan fingerprint density at radius 1 is 0.510 bits per heavy atom. The van der Waals surface area contributed by atoms with Gasteiger partial charge < -0.3 is 13.8 Å². The molecule has 256 valence electrons. The van der Waals surface area contributed by atoms with Gasteiger partial charge in [0.2, 0.25) is 11.4 Å². The summed E-state index contributed by atoms with van der Waals surface area (Å²) in [7, 11) is 0. The molecule has 0 aliphatic carbocycles. The van der Waals surface area contributed by atoms with Crippen molar-refractivity contribution in [1.82, 2.24) is 9.55 Å². The summed E-state index contributed by atoms with van der Waals surface area (Å²) in [5, 5.41) is 7.03. The standard InChI is InChI=1S/C20H12BrNO.C14H8BrNO.C6H5I.2CH3I/c21-16-11-6-10-15-18-14-9-4-5-12-17(14)23-20(18)22(19(15)16)13-7-2-1-3-8-13;15-10-6-3-5-9-12-8-4-1-2-7-11(8)17-14(12)16-13(9)10;7-6-4-2-1-3-5-6;2*1-2/h1-12H;1-7,16H;1-5H;2*1H3. The molecule has 6 aromatic carbocycles. The Balaban J connectivity index is 0.000000140. The van der Waals surface area contributed by atoms with E-state index in [0.29, 0.717) is 0 Å². The zero-order chi connectivity index (χ0) is 35.9. The molecule has 0 saturated carbocycles. The summed E-state index contributed by atoms with van der Waals surface area (Å²) in [6, 6.07) is 49.3. The fourth-order valence-electron chi connectivity index (χ4n) is 6.11. The van der Waals surface area contributed by atoms with Crippen LogP contribution in [0.3, 0.4) is 0 Å². The normalized spacial score (nSPS) is 10.6. The molecule has 4 aromatic heterocycles. The van der Waals surface area contributed by atoms with E-state index in [1.165, 1.54) is 19.7 Å². The molecular formula is C42H31Br2I3N2O2. The third kappa shape index (κ3) is 7.78. The summed E-state index contributed by atoms with van der Waals surface area (Å²) < 4.78 is 17.6. The lowest BCUT2D eigenvalue weighted by Crippen LogP contribution is -1.93. The number of nitrogens with zero attached hydrogens (tertiary/aromatic N) is 1. The van der Waals surface area contributed by atoms with Crippen molar-refractivity contribution in [1.29, 1.82) is 0 Å². The van der Waals surface area contributed by atoms with Gasteiger partial charge in [-0.3, -0.25) is 4.57 Å². The van der Waals surface area contributed by atoms with E-state index in [1.807, 2.05) is 88.7 Å². The maximum atomic E-state index is 6.22. The zero-order valence-electron chi connectivity index (χ0n) is 27.5. The summed E-state index contributed by atoms with van der Waals surface area (Å²) in [6.07, 6.45) is 0. The summed E-state index contributed by atoms with van der Waals surface area (Å²) >= 11 is 13.8. The van der Waals surface area contributed by atoms with Crippen LogP contribution in [0.2, 0.25) is 0 Å². The Bertz CT molecular complexity index is 2680. The van der Waals surface area contributed by atoms with E-state index in [4.69, 9.17) is 8.83 Å². The zero-order valence-corrected chi connectivity index (χ0v) is 37.2. The summed E-state index contributed by atoms with van der Waals surface area (Å²) in [4.78, 5) is 7.26. The number of benzene rings is 6. The largest absolute Gasteiger partial charge is 0.440 e. The van der Waals surface area contributed by atoms with E-state index in [9.17, 15) is 0 Å². The molecule has 0 spiro atoms. The molecule has 0 fully saturated rings. The maximum Gasteiger partial charge on any atom is 0.213 e. The van der Waals surface area contributed by atoms with Crippen LogP contribution in [0.5, 0.6) is 0 Å². The van der Waals surface area contributed by atoms with Crippen molar-refractivity contribution >= 4 is 166 Å². The minimum Gasteiger partial charge on any atom is -0.440 e. The van der Waals surface area contributed by atoms with Crippen molar-refractivity contribution in [2.45, 2.75) is 0 Å². The Kier molecular flexibility index (Phi) is 13.2. The van der Waals surface area contributed by atoms with E-state index in [0.717, 1.165) is 64.4 Å². The van der Waals surface area contributed by atoms with Gasteiger partial charge in [0.05, 0.1) is 21.8 Å². The number of rotatable bonds is 1. The molecule has 0 aliphatic rings. The fraction of sp³-hybridized carbons (Fsp3) is 0.0476. The van der Waals surface area contributed by atoms with Crippen molar-refractivity contribution in [2.75, 3.05) is 9.86 Å².